The monoisotopic (exact) mass is 357 g/mol. The van der Waals surface area contributed by atoms with E-state index in [1.54, 1.807) is 6.92 Å². The molecule has 4 rings (SSSR count). The molecule has 1 aliphatic rings. The Balaban J connectivity index is 1.55. The van der Waals surface area contributed by atoms with Crippen molar-refractivity contribution in [3.63, 3.8) is 0 Å². The second kappa shape index (κ2) is 6.87. The topological polar surface area (TPSA) is 87.4 Å². The molecule has 0 saturated heterocycles. The van der Waals surface area contributed by atoms with Crippen LogP contribution in [-0.4, -0.2) is 33.6 Å². The van der Waals surface area contributed by atoms with Crippen LogP contribution in [0, 0.1) is 0 Å². The first-order valence-corrected chi connectivity index (χ1v) is 8.36. The summed E-state index contributed by atoms with van der Waals surface area (Å²) in [5.74, 6) is -1.02. The van der Waals surface area contributed by atoms with Crippen molar-refractivity contribution in [3.8, 4) is 0 Å². The molecule has 2 heterocycles. The van der Waals surface area contributed by atoms with Crippen LogP contribution in [-0.2, 0) is 4.79 Å². The third-order valence-electron chi connectivity index (χ3n) is 4.24. The van der Waals surface area contributed by atoms with Gasteiger partial charge >= 0.3 is 0 Å². The number of hydrogen-bond acceptors (Lipinski definition) is 6. The highest BCUT2D eigenvalue weighted by Crippen LogP contribution is 2.23. The smallest absolute Gasteiger partial charge is 0.269 e. The molecule has 0 bridgehead atoms. The van der Waals surface area contributed by atoms with Gasteiger partial charge in [0, 0.05) is 18.0 Å². The van der Waals surface area contributed by atoms with Crippen LogP contribution in [0.3, 0.4) is 0 Å². The number of azo groups is 1. The van der Waals surface area contributed by atoms with Crippen molar-refractivity contribution in [1.82, 2.24) is 9.99 Å². The molecular weight excluding hydrogens is 342 g/mol. The molecule has 3 aromatic rings. The third kappa shape index (κ3) is 3.22. The summed E-state index contributed by atoms with van der Waals surface area (Å²) in [4.78, 5) is 28.9. The fourth-order valence-electron chi connectivity index (χ4n) is 2.81. The number of carbonyl (C=O) groups is 2. The van der Waals surface area contributed by atoms with Crippen LogP contribution in [0.1, 0.15) is 17.3 Å². The van der Waals surface area contributed by atoms with Crippen LogP contribution in [0.5, 0.6) is 0 Å². The molecule has 0 spiro atoms. The van der Waals surface area contributed by atoms with Gasteiger partial charge in [0.05, 0.1) is 11.4 Å². The van der Waals surface area contributed by atoms with Crippen LogP contribution >= 0.6 is 0 Å². The van der Waals surface area contributed by atoms with Gasteiger partial charge in [0.2, 0.25) is 0 Å². The van der Waals surface area contributed by atoms with Gasteiger partial charge in [0.1, 0.15) is 0 Å². The first-order valence-electron chi connectivity index (χ1n) is 8.36. The van der Waals surface area contributed by atoms with E-state index in [4.69, 9.17) is 0 Å². The minimum absolute atomic E-state index is 0.335. The summed E-state index contributed by atoms with van der Waals surface area (Å²) < 4.78 is 0. The van der Waals surface area contributed by atoms with Crippen molar-refractivity contribution in [3.05, 3.63) is 72.6 Å². The average Bonchev–Trinajstić information content (AvgIpc) is 3.00. The van der Waals surface area contributed by atoms with Crippen molar-refractivity contribution in [2.75, 3.05) is 0 Å². The lowest BCUT2D eigenvalue weighted by molar-refractivity contribution is -0.127. The van der Waals surface area contributed by atoms with E-state index in [1.807, 2.05) is 42.5 Å². The fraction of sp³-hybridized carbons (Fsp3) is 0.100. The van der Waals surface area contributed by atoms with Crippen LogP contribution < -0.4 is 0 Å². The molecule has 1 atom stereocenters. The molecule has 132 valence electrons. The van der Waals surface area contributed by atoms with E-state index >= 15 is 0 Å². The highest BCUT2D eigenvalue weighted by atomic mass is 16.2. The van der Waals surface area contributed by atoms with Gasteiger partial charge in [0.15, 0.2) is 6.04 Å². The summed E-state index contributed by atoms with van der Waals surface area (Å²) in [6, 6.07) is 15.7. The van der Waals surface area contributed by atoms with Crippen molar-refractivity contribution >= 4 is 34.0 Å². The Labute approximate surface area is 155 Å². The molecule has 27 heavy (non-hydrogen) atoms. The molecule has 7 heteroatoms. The molecule has 1 aromatic heterocycles. The molecule has 0 aliphatic carbocycles. The Morgan fingerprint density at radius 2 is 1.78 bits per heavy atom. The van der Waals surface area contributed by atoms with Gasteiger partial charge in [-0.3, -0.25) is 14.6 Å². The minimum Gasteiger partial charge on any atom is -0.269 e. The van der Waals surface area contributed by atoms with E-state index in [0.717, 1.165) is 15.8 Å². The minimum atomic E-state index is -0.901. The molecule has 0 saturated carbocycles. The Morgan fingerprint density at radius 3 is 2.56 bits per heavy atom. The summed E-state index contributed by atoms with van der Waals surface area (Å²) in [6.45, 7) is 1.65. The molecule has 7 nitrogen and oxygen atoms in total. The summed E-state index contributed by atoms with van der Waals surface area (Å²) in [7, 11) is 0. The standard InChI is InChI=1S/C20H15N5O2/c1-13-18(20(27)25(24-13)19(26)15-8-10-21-11-9-15)23-22-17-7-6-14-4-2-3-5-16(14)12-17/h2-12,18H,1H3/t18-/m1/s1. The summed E-state index contributed by atoms with van der Waals surface area (Å²) in [5.41, 5.74) is 1.39. The van der Waals surface area contributed by atoms with E-state index in [9.17, 15) is 9.59 Å². The highest BCUT2D eigenvalue weighted by molar-refractivity contribution is 6.18. The van der Waals surface area contributed by atoms with Gasteiger partial charge in [-0.1, -0.05) is 30.3 Å². The van der Waals surface area contributed by atoms with E-state index in [2.05, 4.69) is 20.3 Å². The van der Waals surface area contributed by atoms with Gasteiger partial charge in [0.25, 0.3) is 11.8 Å². The number of carbonyl (C=O) groups excluding carboxylic acids is 2. The Bertz CT molecular complexity index is 1090. The normalized spacial score (nSPS) is 16.9. The highest BCUT2D eigenvalue weighted by Gasteiger charge is 2.38. The Hall–Kier alpha value is -3.74. The number of amides is 2. The van der Waals surface area contributed by atoms with Gasteiger partial charge in [-0.05, 0) is 42.0 Å². The number of aromatic nitrogens is 1. The van der Waals surface area contributed by atoms with E-state index in [-0.39, 0.29) is 0 Å². The van der Waals surface area contributed by atoms with Gasteiger partial charge in [-0.15, -0.1) is 0 Å². The Kier molecular flexibility index (Phi) is 4.25. The van der Waals surface area contributed by atoms with Crippen LogP contribution in [0.2, 0.25) is 0 Å². The molecule has 0 radical (unpaired) electrons. The van der Waals surface area contributed by atoms with Gasteiger partial charge in [-0.25, -0.2) is 0 Å². The lowest BCUT2D eigenvalue weighted by atomic mass is 10.1. The van der Waals surface area contributed by atoms with E-state index < -0.39 is 17.9 Å². The Morgan fingerprint density at radius 1 is 1.04 bits per heavy atom. The second-order valence-electron chi connectivity index (χ2n) is 6.08. The molecular formula is C20H15N5O2. The molecule has 0 unspecified atom stereocenters. The number of hydrazone groups is 1. The number of rotatable bonds is 3. The number of fused-ring (bicyclic) bond motifs is 1. The zero-order chi connectivity index (χ0) is 18.8. The van der Waals surface area contributed by atoms with Gasteiger partial charge in [-0.2, -0.15) is 20.3 Å². The first-order chi connectivity index (χ1) is 13.1. The summed E-state index contributed by atoms with van der Waals surface area (Å²) in [6.07, 6.45) is 2.97. The van der Waals surface area contributed by atoms with E-state index in [0.29, 0.717) is 17.0 Å². The van der Waals surface area contributed by atoms with E-state index in [1.165, 1.54) is 24.5 Å². The second-order valence-corrected chi connectivity index (χ2v) is 6.08. The lowest BCUT2D eigenvalue weighted by Gasteiger charge is -2.10. The third-order valence-corrected chi connectivity index (χ3v) is 4.24. The first kappa shape index (κ1) is 16.7. The molecule has 0 N–H and O–H groups in total. The number of hydrogen-bond donors (Lipinski definition) is 0. The predicted octanol–water partition coefficient (Wildman–Crippen LogP) is 3.75. The predicted molar refractivity (Wildman–Crippen MR) is 101 cm³/mol. The molecule has 1 aliphatic heterocycles. The van der Waals surface area contributed by atoms with Crippen molar-refractivity contribution in [2.24, 2.45) is 15.3 Å². The van der Waals surface area contributed by atoms with Crippen LogP contribution in [0.15, 0.2) is 82.3 Å². The number of imide groups is 1. The summed E-state index contributed by atoms with van der Waals surface area (Å²) in [5, 5.41) is 15.3. The largest absolute Gasteiger partial charge is 0.282 e. The average molecular weight is 357 g/mol. The maximum Gasteiger partial charge on any atom is 0.282 e. The van der Waals surface area contributed by atoms with Crippen LogP contribution in [0.25, 0.3) is 10.8 Å². The quantitative estimate of drug-likeness (QED) is 0.528. The zero-order valence-electron chi connectivity index (χ0n) is 14.5. The number of nitrogens with zero attached hydrogens (tertiary/aromatic N) is 5. The van der Waals surface area contributed by atoms with Crippen LogP contribution in [0.4, 0.5) is 5.69 Å². The summed E-state index contributed by atoms with van der Waals surface area (Å²) >= 11 is 0. The zero-order valence-corrected chi connectivity index (χ0v) is 14.5. The number of pyridine rings is 1. The molecule has 2 aromatic carbocycles. The maximum atomic E-state index is 12.6. The lowest BCUT2D eigenvalue weighted by Crippen LogP contribution is -2.34. The molecule has 0 fully saturated rings. The number of benzene rings is 2. The molecule has 2 amide bonds. The van der Waals surface area contributed by atoms with Crippen molar-refractivity contribution < 1.29 is 9.59 Å². The van der Waals surface area contributed by atoms with Crippen molar-refractivity contribution in [2.45, 2.75) is 13.0 Å². The fourth-order valence-corrected chi connectivity index (χ4v) is 2.81. The SMILES string of the molecule is CC1=NN(C(=O)c2ccncc2)C(=O)[C@@H]1N=Nc1ccc2ccccc2c1. The van der Waals surface area contributed by atoms with Gasteiger partial charge < -0.3 is 0 Å². The van der Waals surface area contributed by atoms with Crippen molar-refractivity contribution in [1.29, 1.82) is 0 Å². The maximum absolute atomic E-state index is 12.6.